The molecule has 0 spiro atoms. The average molecular weight is 262 g/mol. The summed E-state index contributed by atoms with van der Waals surface area (Å²) in [5.41, 5.74) is 1.32. The highest BCUT2D eigenvalue weighted by molar-refractivity contribution is 7.10. The molecule has 0 atom stereocenters. The first kappa shape index (κ1) is 12.8. The summed E-state index contributed by atoms with van der Waals surface area (Å²) in [6.07, 6.45) is 4.57. The Morgan fingerprint density at radius 2 is 2.00 bits per heavy atom. The number of rotatable bonds is 6. The first-order valence-corrected chi connectivity index (χ1v) is 7.00. The SMILES string of the molecule is CCCNc1cncc(NCc2sccc2C)n1. The van der Waals surface area contributed by atoms with Crippen LogP contribution in [0.1, 0.15) is 23.8 Å². The highest BCUT2D eigenvalue weighted by atomic mass is 32.1. The van der Waals surface area contributed by atoms with Crippen molar-refractivity contribution in [2.24, 2.45) is 0 Å². The van der Waals surface area contributed by atoms with E-state index in [0.717, 1.165) is 31.1 Å². The van der Waals surface area contributed by atoms with Crippen molar-refractivity contribution in [2.45, 2.75) is 26.8 Å². The molecular formula is C13H18N4S. The molecule has 18 heavy (non-hydrogen) atoms. The van der Waals surface area contributed by atoms with Crippen LogP contribution in [0.4, 0.5) is 11.6 Å². The van der Waals surface area contributed by atoms with Gasteiger partial charge in [0.15, 0.2) is 0 Å². The van der Waals surface area contributed by atoms with Gasteiger partial charge in [-0.1, -0.05) is 6.92 Å². The molecule has 2 aromatic rings. The van der Waals surface area contributed by atoms with Gasteiger partial charge in [-0.2, -0.15) is 0 Å². The standard InChI is InChI=1S/C13H18N4S/c1-3-5-15-12-8-14-9-13(17-12)16-7-11-10(2)4-6-18-11/h4,6,8-9H,3,5,7H2,1-2H3,(H2,15,16,17). The molecule has 0 saturated carbocycles. The molecule has 96 valence electrons. The Morgan fingerprint density at radius 1 is 1.22 bits per heavy atom. The van der Waals surface area contributed by atoms with E-state index < -0.39 is 0 Å². The number of aryl methyl sites for hydroxylation is 1. The third kappa shape index (κ3) is 3.43. The zero-order valence-electron chi connectivity index (χ0n) is 10.7. The topological polar surface area (TPSA) is 49.8 Å². The molecule has 0 radical (unpaired) electrons. The van der Waals surface area contributed by atoms with E-state index in [9.17, 15) is 0 Å². The van der Waals surface area contributed by atoms with Crippen LogP contribution in [0.3, 0.4) is 0 Å². The van der Waals surface area contributed by atoms with Crippen LogP contribution in [-0.2, 0) is 6.54 Å². The van der Waals surface area contributed by atoms with Crippen LogP contribution in [0, 0.1) is 6.92 Å². The minimum Gasteiger partial charge on any atom is -0.369 e. The lowest BCUT2D eigenvalue weighted by atomic mass is 10.3. The second-order valence-electron chi connectivity index (χ2n) is 4.10. The van der Waals surface area contributed by atoms with Gasteiger partial charge >= 0.3 is 0 Å². The van der Waals surface area contributed by atoms with E-state index in [-0.39, 0.29) is 0 Å². The number of thiophene rings is 1. The van der Waals surface area contributed by atoms with Crippen molar-refractivity contribution in [1.29, 1.82) is 0 Å². The summed E-state index contributed by atoms with van der Waals surface area (Å²) in [5.74, 6) is 1.63. The Kier molecular flexibility index (Phi) is 4.52. The lowest BCUT2D eigenvalue weighted by molar-refractivity contribution is 0.963. The smallest absolute Gasteiger partial charge is 0.147 e. The van der Waals surface area contributed by atoms with Crippen molar-refractivity contribution in [1.82, 2.24) is 9.97 Å². The third-order valence-corrected chi connectivity index (χ3v) is 3.61. The summed E-state index contributed by atoms with van der Waals surface area (Å²) in [7, 11) is 0. The first-order chi connectivity index (χ1) is 8.79. The van der Waals surface area contributed by atoms with E-state index in [1.165, 1.54) is 10.4 Å². The minimum atomic E-state index is 0.801. The fraction of sp³-hybridized carbons (Fsp3) is 0.385. The summed E-state index contributed by atoms with van der Waals surface area (Å²) < 4.78 is 0. The molecule has 5 heteroatoms. The van der Waals surface area contributed by atoms with Crippen LogP contribution in [0.5, 0.6) is 0 Å². The Hall–Kier alpha value is -1.62. The number of aromatic nitrogens is 2. The van der Waals surface area contributed by atoms with Crippen LogP contribution < -0.4 is 10.6 Å². The summed E-state index contributed by atoms with van der Waals surface area (Å²) in [6.45, 7) is 5.97. The zero-order chi connectivity index (χ0) is 12.8. The van der Waals surface area contributed by atoms with E-state index in [0.29, 0.717) is 0 Å². The molecular weight excluding hydrogens is 244 g/mol. The summed E-state index contributed by atoms with van der Waals surface area (Å²) in [5, 5.41) is 8.64. The minimum absolute atomic E-state index is 0.801. The highest BCUT2D eigenvalue weighted by Crippen LogP contribution is 2.17. The zero-order valence-corrected chi connectivity index (χ0v) is 11.5. The molecule has 0 saturated heterocycles. The van der Waals surface area contributed by atoms with Crippen molar-refractivity contribution < 1.29 is 0 Å². The number of hydrogen-bond donors (Lipinski definition) is 2. The van der Waals surface area contributed by atoms with Crippen LogP contribution in [0.2, 0.25) is 0 Å². The molecule has 0 aliphatic rings. The van der Waals surface area contributed by atoms with E-state index >= 15 is 0 Å². The Labute approximate surface area is 111 Å². The number of nitrogens with one attached hydrogen (secondary N) is 2. The quantitative estimate of drug-likeness (QED) is 0.839. The van der Waals surface area contributed by atoms with Crippen molar-refractivity contribution in [2.75, 3.05) is 17.2 Å². The van der Waals surface area contributed by atoms with Gasteiger partial charge in [-0.25, -0.2) is 4.98 Å². The van der Waals surface area contributed by atoms with Crippen molar-refractivity contribution in [3.63, 3.8) is 0 Å². The second-order valence-corrected chi connectivity index (χ2v) is 5.10. The fourth-order valence-electron chi connectivity index (χ4n) is 1.55. The Balaban J connectivity index is 1.95. The van der Waals surface area contributed by atoms with Gasteiger partial charge < -0.3 is 10.6 Å². The van der Waals surface area contributed by atoms with E-state index in [2.05, 4.69) is 45.9 Å². The molecule has 2 rings (SSSR count). The lowest BCUT2D eigenvalue weighted by Crippen LogP contribution is -2.06. The van der Waals surface area contributed by atoms with Gasteiger partial charge in [0.25, 0.3) is 0 Å². The first-order valence-electron chi connectivity index (χ1n) is 6.12. The monoisotopic (exact) mass is 262 g/mol. The van der Waals surface area contributed by atoms with Gasteiger partial charge in [0.2, 0.25) is 0 Å². The molecule has 4 nitrogen and oxygen atoms in total. The van der Waals surface area contributed by atoms with Crippen LogP contribution >= 0.6 is 11.3 Å². The van der Waals surface area contributed by atoms with Gasteiger partial charge in [0.1, 0.15) is 11.6 Å². The third-order valence-electron chi connectivity index (χ3n) is 2.59. The normalized spacial score (nSPS) is 10.3. The Morgan fingerprint density at radius 3 is 2.67 bits per heavy atom. The maximum Gasteiger partial charge on any atom is 0.147 e. The highest BCUT2D eigenvalue weighted by Gasteiger charge is 2.01. The summed E-state index contributed by atoms with van der Waals surface area (Å²) in [6, 6.07) is 2.13. The fourth-order valence-corrected chi connectivity index (χ4v) is 2.39. The van der Waals surface area contributed by atoms with Crippen molar-refractivity contribution in [3.05, 3.63) is 34.3 Å². The molecule has 0 aromatic carbocycles. The largest absolute Gasteiger partial charge is 0.369 e. The number of nitrogens with zero attached hydrogens (tertiary/aromatic N) is 2. The predicted octanol–water partition coefficient (Wildman–Crippen LogP) is 3.28. The van der Waals surface area contributed by atoms with Gasteiger partial charge in [-0.3, -0.25) is 4.98 Å². The summed E-state index contributed by atoms with van der Waals surface area (Å²) >= 11 is 1.76. The van der Waals surface area contributed by atoms with E-state index in [4.69, 9.17) is 0 Å². The molecule has 0 aliphatic heterocycles. The molecule has 2 aromatic heterocycles. The molecule has 0 amide bonds. The van der Waals surface area contributed by atoms with E-state index in [1.807, 2.05) is 0 Å². The van der Waals surface area contributed by atoms with Gasteiger partial charge in [0.05, 0.1) is 18.9 Å². The number of anilines is 2. The van der Waals surface area contributed by atoms with E-state index in [1.54, 1.807) is 23.7 Å². The molecule has 0 unspecified atom stereocenters. The molecule has 2 N–H and O–H groups in total. The molecule has 2 heterocycles. The number of hydrogen-bond acceptors (Lipinski definition) is 5. The summed E-state index contributed by atoms with van der Waals surface area (Å²) in [4.78, 5) is 9.97. The molecule has 0 fully saturated rings. The predicted molar refractivity (Wildman–Crippen MR) is 77.2 cm³/mol. The van der Waals surface area contributed by atoms with Crippen molar-refractivity contribution >= 4 is 23.0 Å². The van der Waals surface area contributed by atoms with Crippen molar-refractivity contribution in [3.8, 4) is 0 Å². The van der Waals surface area contributed by atoms with Gasteiger partial charge in [-0.15, -0.1) is 11.3 Å². The van der Waals surface area contributed by atoms with Crippen LogP contribution in [0.25, 0.3) is 0 Å². The second kappa shape index (κ2) is 6.35. The van der Waals surface area contributed by atoms with Gasteiger partial charge in [-0.05, 0) is 30.4 Å². The van der Waals surface area contributed by atoms with Gasteiger partial charge in [0, 0.05) is 11.4 Å². The molecule has 0 aliphatic carbocycles. The van der Waals surface area contributed by atoms with Crippen LogP contribution in [-0.4, -0.2) is 16.5 Å². The van der Waals surface area contributed by atoms with Crippen LogP contribution in [0.15, 0.2) is 23.8 Å². The molecule has 0 bridgehead atoms. The maximum absolute atomic E-state index is 4.46. The average Bonchev–Trinajstić information content (AvgIpc) is 2.80. The lowest BCUT2D eigenvalue weighted by Gasteiger charge is -2.07. The Bertz CT molecular complexity index is 495. The maximum atomic E-state index is 4.46.